The van der Waals surface area contributed by atoms with Gasteiger partial charge >= 0.3 is 0 Å². The number of fused-ring (bicyclic) bond motifs is 1. The Labute approximate surface area is 225 Å². The molecule has 1 heterocycles. The first-order valence-corrected chi connectivity index (χ1v) is 12.6. The fourth-order valence-corrected chi connectivity index (χ4v) is 5.12. The molecule has 10 heteroatoms. The molecule has 0 bridgehead atoms. The maximum Gasteiger partial charge on any atom is 0.229 e. The van der Waals surface area contributed by atoms with Crippen LogP contribution in [0.3, 0.4) is 0 Å². The molecule has 0 radical (unpaired) electrons. The van der Waals surface area contributed by atoms with Gasteiger partial charge in [-0.15, -0.1) is 0 Å². The number of aliphatic hydroxyl groups is 5. The SMILES string of the molecule is COc1cc(OC2OC(C(O)CCc3ccccc3)C(O)C(O)C2O)c2c(O)c(C(C)=O)c(C)cc2c1CO. The van der Waals surface area contributed by atoms with E-state index in [9.17, 15) is 35.4 Å². The minimum absolute atomic E-state index is 0.0520. The van der Waals surface area contributed by atoms with E-state index in [0.717, 1.165) is 5.56 Å². The standard InChI is InChI=1S/C29H34O10/c1-14-11-17-18(13-30)20(37-3)12-21(23(17)24(33)22(14)15(2)31)38-29-27(36)25(34)26(35)28(39-29)19(32)10-9-16-7-5-4-6-8-16/h4-8,11-12,19,25-30,32-36H,9-10,13H2,1-3H3. The summed E-state index contributed by atoms with van der Waals surface area (Å²) in [5.41, 5.74) is 1.82. The summed E-state index contributed by atoms with van der Waals surface area (Å²) in [6, 6.07) is 12.4. The molecule has 1 aliphatic rings. The normalized spacial score (nSPS) is 23.9. The number of ether oxygens (including phenoxy) is 3. The molecule has 4 rings (SSSR count). The number of hydrogen-bond acceptors (Lipinski definition) is 10. The van der Waals surface area contributed by atoms with E-state index in [4.69, 9.17) is 14.2 Å². The molecule has 210 valence electrons. The number of Topliss-reactive ketones (excluding diaryl/α,β-unsaturated/α-hetero) is 1. The van der Waals surface area contributed by atoms with Gasteiger partial charge in [-0.3, -0.25) is 4.79 Å². The number of benzene rings is 3. The summed E-state index contributed by atoms with van der Waals surface area (Å²) in [7, 11) is 1.38. The first kappa shape index (κ1) is 28.8. The van der Waals surface area contributed by atoms with Crippen molar-refractivity contribution in [3.8, 4) is 17.2 Å². The van der Waals surface area contributed by atoms with Gasteiger partial charge in [-0.05, 0) is 49.3 Å². The fourth-order valence-electron chi connectivity index (χ4n) is 5.12. The number of hydrogen-bond donors (Lipinski definition) is 6. The summed E-state index contributed by atoms with van der Waals surface area (Å²) < 4.78 is 17.1. The van der Waals surface area contributed by atoms with Gasteiger partial charge in [0.2, 0.25) is 6.29 Å². The van der Waals surface area contributed by atoms with Gasteiger partial charge in [0.25, 0.3) is 0 Å². The molecule has 3 aromatic rings. The van der Waals surface area contributed by atoms with Crippen molar-refractivity contribution in [3.63, 3.8) is 0 Å². The van der Waals surface area contributed by atoms with Gasteiger partial charge in [0.05, 0.1) is 30.8 Å². The molecular weight excluding hydrogens is 508 g/mol. The van der Waals surface area contributed by atoms with Crippen molar-refractivity contribution in [2.75, 3.05) is 7.11 Å². The molecule has 1 aliphatic heterocycles. The Morgan fingerprint density at radius 1 is 1.05 bits per heavy atom. The Balaban J connectivity index is 1.71. The second-order valence-corrected chi connectivity index (χ2v) is 9.76. The smallest absolute Gasteiger partial charge is 0.229 e. The first-order valence-electron chi connectivity index (χ1n) is 12.6. The van der Waals surface area contributed by atoms with Gasteiger partial charge in [0.1, 0.15) is 41.7 Å². The van der Waals surface area contributed by atoms with E-state index < -0.39 is 54.9 Å². The molecular formula is C29H34O10. The Bertz CT molecular complexity index is 1330. The Morgan fingerprint density at radius 3 is 2.36 bits per heavy atom. The predicted octanol–water partition coefficient (Wildman–Crippen LogP) is 1.74. The zero-order valence-corrected chi connectivity index (χ0v) is 21.9. The molecule has 0 aromatic heterocycles. The molecule has 1 saturated heterocycles. The zero-order valence-electron chi connectivity index (χ0n) is 21.9. The van der Waals surface area contributed by atoms with E-state index in [1.54, 1.807) is 13.0 Å². The van der Waals surface area contributed by atoms with Crippen LogP contribution in [0, 0.1) is 6.92 Å². The first-order chi connectivity index (χ1) is 18.6. The molecule has 10 nitrogen and oxygen atoms in total. The minimum Gasteiger partial charge on any atom is -0.506 e. The van der Waals surface area contributed by atoms with E-state index in [-0.39, 0.29) is 28.9 Å². The number of phenols is 1. The number of carbonyl (C=O) groups excluding carboxylic acids is 1. The van der Waals surface area contributed by atoms with Crippen molar-refractivity contribution in [3.05, 3.63) is 64.7 Å². The number of ketones is 1. The van der Waals surface area contributed by atoms with Gasteiger partial charge < -0.3 is 44.8 Å². The topological polar surface area (TPSA) is 166 Å². The third-order valence-corrected chi connectivity index (χ3v) is 7.16. The van der Waals surface area contributed by atoms with Crippen LogP contribution in [0.15, 0.2) is 42.5 Å². The van der Waals surface area contributed by atoms with Gasteiger partial charge in [-0.1, -0.05) is 30.3 Å². The lowest BCUT2D eigenvalue weighted by atomic mass is 9.92. The van der Waals surface area contributed by atoms with Crippen LogP contribution >= 0.6 is 0 Å². The number of methoxy groups -OCH3 is 1. The highest BCUT2D eigenvalue weighted by atomic mass is 16.7. The maximum absolute atomic E-state index is 12.3. The molecule has 0 spiro atoms. The molecule has 6 N–H and O–H groups in total. The summed E-state index contributed by atoms with van der Waals surface area (Å²) in [4.78, 5) is 12.3. The van der Waals surface area contributed by atoms with Gasteiger partial charge in [0, 0.05) is 11.6 Å². The molecule has 1 fully saturated rings. The lowest BCUT2D eigenvalue weighted by Crippen LogP contribution is -2.62. The zero-order chi connectivity index (χ0) is 28.4. The molecule has 0 amide bonds. The summed E-state index contributed by atoms with van der Waals surface area (Å²) in [5.74, 6) is -0.646. The minimum atomic E-state index is -1.73. The fraction of sp³-hybridized carbons (Fsp3) is 0.414. The largest absolute Gasteiger partial charge is 0.506 e. The molecule has 39 heavy (non-hydrogen) atoms. The number of aliphatic hydroxyl groups excluding tert-OH is 5. The Hall–Kier alpha value is -3.25. The number of phenolic OH excluding ortho intramolecular Hbond substituents is 1. The second-order valence-electron chi connectivity index (χ2n) is 9.76. The number of carbonyl (C=O) groups is 1. The number of aryl methyl sites for hydroxylation is 2. The van der Waals surface area contributed by atoms with Gasteiger partial charge in [0.15, 0.2) is 5.78 Å². The van der Waals surface area contributed by atoms with Crippen LogP contribution < -0.4 is 9.47 Å². The number of aromatic hydroxyl groups is 1. The predicted molar refractivity (Wildman–Crippen MR) is 141 cm³/mol. The van der Waals surface area contributed by atoms with Crippen molar-refractivity contribution in [1.29, 1.82) is 0 Å². The van der Waals surface area contributed by atoms with Crippen LogP contribution in [0.4, 0.5) is 0 Å². The lowest BCUT2D eigenvalue weighted by Gasteiger charge is -2.42. The van der Waals surface area contributed by atoms with E-state index in [0.29, 0.717) is 22.9 Å². The van der Waals surface area contributed by atoms with Crippen LogP contribution in [0.5, 0.6) is 17.2 Å². The Kier molecular flexibility index (Phi) is 8.75. The lowest BCUT2D eigenvalue weighted by molar-refractivity contribution is -0.288. The van der Waals surface area contributed by atoms with Crippen molar-refractivity contribution in [1.82, 2.24) is 0 Å². The van der Waals surface area contributed by atoms with Crippen LogP contribution in [0.1, 0.15) is 40.4 Å². The quantitative estimate of drug-likeness (QED) is 0.219. The maximum atomic E-state index is 12.3. The molecule has 0 aliphatic carbocycles. The highest BCUT2D eigenvalue weighted by Gasteiger charge is 2.47. The van der Waals surface area contributed by atoms with E-state index in [2.05, 4.69) is 0 Å². The van der Waals surface area contributed by atoms with Crippen molar-refractivity contribution in [2.45, 2.75) is 70.1 Å². The third kappa shape index (κ3) is 5.58. The molecule has 6 unspecified atom stereocenters. The van der Waals surface area contributed by atoms with E-state index in [1.807, 2.05) is 30.3 Å². The highest BCUT2D eigenvalue weighted by molar-refractivity contribution is 6.08. The van der Waals surface area contributed by atoms with E-state index >= 15 is 0 Å². The van der Waals surface area contributed by atoms with Crippen molar-refractivity contribution < 1.29 is 49.6 Å². The highest BCUT2D eigenvalue weighted by Crippen LogP contribution is 2.44. The van der Waals surface area contributed by atoms with E-state index in [1.165, 1.54) is 20.1 Å². The van der Waals surface area contributed by atoms with Crippen LogP contribution in [0.25, 0.3) is 10.8 Å². The van der Waals surface area contributed by atoms with Gasteiger partial charge in [-0.25, -0.2) is 0 Å². The summed E-state index contributed by atoms with van der Waals surface area (Å²) in [6.45, 7) is 2.50. The Morgan fingerprint density at radius 2 is 1.74 bits per heavy atom. The third-order valence-electron chi connectivity index (χ3n) is 7.16. The van der Waals surface area contributed by atoms with Crippen LogP contribution in [-0.4, -0.2) is 80.3 Å². The second kappa shape index (κ2) is 11.9. The average Bonchev–Trinajstić information content (AvgIpc) is 2.91. The molecule has 3 aromatic carbocycles. The van der Waals surface area contributed by atoms with Crippen molar-refractivity contribution in [2.24, 2.45) is 0 Å². The van der Waals surface area contributed by atoms with Crippen LogP contribution in [0.2, 0.25) is 0 Å². The van der Waals surface area contributed by atoms with Gasteiger partial charge in [-0.2, -0.15) is 0 Å². The summed E-state index contributed by atoms with van der Waals surface area (Å²) >= 11 is 0. The number of rotatable bonds is 9. The molecule has 0 saturated carbocycles. The monoisotopic (exact) mass is 542 g/mol. The summed E-state index contributed by atoms with van der Waals surface area (Å²) in [5, 5.41) is 64.2. The average molecular weight is 543 g/mol. The molecule has 6 atom stereocenters. The summed E-state index contributed by atoms with van der Waals surface area (Å²) in [6.07, 6.45) is -8.45. The van der Waals surface area contributed by atoms with Crippen LogP contribution in [-0.2, 0) is 17.8 Å². The van der Waals surface area contributed by atoms with Crippen molar-refractivity contribution >= 4 is 16.6 Å².